The summed E-state index contributed by atoms with van der Waals surface area (Å²) >= 11 is 0. The Labute approximate surface area is 127 Å². The highest BCUT2D eigenvalue weighted by Gasteiger charge is 2.05. The summed E-state index contributed by atoms with van der Waals surface area (Å²) in [6.07, 6.45) is 2.48. The highest BCUT2D eigenvalue weighted by Crippen LogP contribution is 2.20. The molecule has 1 heterocycles. The third kappa shape index (κ3) is 2.83. The molecule has 0 atom stereocenters. The van der Waals surface area contributed by atoms with Crippen molar-refractivity contribution in [2.75, 3.05) is 7.11 Å². The quantitative estimate of drug-likeness (QED) is 0.691. The van der Waals surface area contributed by atoms with Crippen molar-refractivity contribution in [2.24, 2.45) is 0 Å². The first-order valence-electron chi connectivity index (χ1n) is 6.70. The fourth-order valence-corrected chi connectivity index (χ4v) is 2.01. The van der Waals surface area contributed by atoms with E-state index in [-0.39, 0.29) is 0 Å². The Bertz CT molecular complexity index is 767. The topological polar surface area (TPSA) is 65.0 Å². The third-order valence-corrected chi connectivity index (χ3v) is 3.25. The maximum Gasteiger partial charge on any atom is 0.181 e. The maximum absolute atomic E-state index is 10.7. The summed E-state index contributed by atoms with van der Waals surface area (Å²) in [5, 5.41) is 8.34. The molecule has 5 heteroatoms. The molecular weight excluding hydrogens is 278 g/mol. The summed E-state index contributed by atoms with van der Waals surface area (Å²) < 4.78 is 5.12. The van der Waals surface area contributed by atoms with Crippen LogP contribution in [0.25, 0.3) is 22.6 Å². The first-order valence-corrected chi connectivity index (χ1v) is 6.70. The Hall–Kier alpha value is -3.08. The molecule has 0 saturated carbocycles. The second kappa shape index (κ2) is 6.13. The summed E-state index contributed by atoms with van der Waals surface area (Å²) in [5.74, 6) is 1.33. The third-order valence-electron chi connectivity index (χ3n) is 3.25. The Balaban J connectivity index is 1.86. The van der Waals surface area contributed by atoms with E-state index >= 15 is 0 Å². The number of aromatic nitrogens is 3. The molecule has 2 aromatic carbocycles. The fraction of sp³-hybridized carbons (Fsp3) is 0.0588. The monoisotopic (exact) mass is 291 g/mol. The largest absolute Gasteiger partial charge is 0.497 e. The van der Waals surface area contributed by atoms with Crippen LogP contribution >= 0.6 is 0 Å². The number of hydrogen-bond acceptors (Lipinski definition) is 5. The lowest BCUT2D eigenvalue weighted by molar-refractivity contribution is 0.112. The van der Waals surface area contributed by atoms with E-state index in [0.717, 1.165) is 23.2 Å². The van der Waals surface area contributed by atoms with Crippen LogP contribution in [0.4, 0.5) is 0 Å². The number of rotatable bonds is 4. The zero-order valence-corrected chi connectivity index (χ0v) is 11.9. The maximum atomic E-state index is 10.7. The summed E-state index contributed by atoms with van der Waals surface area (Å²) in [5.41, 5.74) is 3.03. The van der Waals surface area contributed by atoms with Crippen molar-refractivity contribution >= 4 is 6.29 Å². The van der Waals surface area contributed by atoms with Crippen LogP contribution in [0.15, 0.2) is 54.7 Å². The van der Waals surface area contributed by atoms with Gasteiger partial charge in [-0.1, -0.05) is 24.3 Å². The van der Waals surface area contributed by atoms with Gasteiger partial charge in [0.05, 0.1) is 13.3 Å². The van der Waals surface area contributed by atoms with Gasteiger partial charge < -0.3 is 4.74 Å². The first kappa shape index (κ1) is 13.9. The van der Waals surface area contributed by atoms with Gasteiger partial charge in [0.15, 0.2) is 5.82 Å². The van der Waals surface area contributed by atoms with Crippen molar-refractivity contribution in [3.8, 4) is 28.4 Å². The van der Waals surface area contributed by atoms with Gasteiger partial charge in [-0.25, -0.2) is 4.98 Å². The molecule has 0 fully saturated rings. The van der Waals surface area contributed by atoms with E-state index in [2.05, 4.69) is 15.2 Å². The minimum Gasteiger partial charge on any atom is -0.497 e. The van der Waals surface area contributed by atoms with Gasteiger partial charge >= 0.3 is 0 Å². The molecule has 5 nitrogen and oxygen atoms in total. The van der Waals surface area contributed by atoms with Crippen molar-refractivity contribution in [3.05, 3.63) is 60.3 Å². The first-order chi connectivity index (χ1) is 10.8. The van der Waals surface area contributed by atoms with Gasteiger partial charge in [0.25, 0.3) is 0 Å². The standard InChI is InChI=1S/C17H13N3O2/c1-22-15-8-6-14(7-9-15)17-18-10-16(19-20-17)13-4-2-12(11-21)3-5-13/h2-11H,1H3. The number of benzene rings is 2. The normalized spacial score (nSPS) is 10.2. The number of carbonyl (C=O) groups excluding carboxylic acids is 1. The predicted octanol–water partition coefficient (Wildman–Crippen LogP) is 3.03. The lowest BCUT2D eigenvalue weighted by Crippen LogP contribution is -1.95. The molecule has 0 saturated heterocycles. The second-order valence-electron chi connectivity index (χ2n) is 4.64. The molecule has 0 unspecified atom stereocenters. The molecular formula is C17H13N3O2. The average molecular weight is 291 g/mol. The van der Waals surface area contributed by atoms with Gasteiger partial charge in [-0.15, -0.1) is 10.2 Å². The molecule has 0 aliphatic rings. The van der Waals surface area contributed by atoms with Gasteiger partial charge in [-0.3, -0.25) is 4.79 Å². The molecule has 3 rings (SSSR count). The SMILES string of the molecule is COc1ccc(-c2ncc(-c3ccc(C=O)cc3)nn2)cc1. The van der Waals surface area contributed by atoms with E-state index in [1.54, 1.807) is 25.4 Å². The zero-order chi connectivity index (χ0) is 15.4. The van der Waals surface area contributed by atoms with Crippen LogP contribution in [-0.2, 0) is 0 Å². The fourth-order valence-electron chi connectivity index (χ4n) is 2.01. The van der Waals surface area contributed by atoms with E-state index in [1.807, 2.05) is 36.4 Å². The minimum atomic E-state index is 0.552. The molecule has 22 heavy (non-hydrogen) atoms. The number of ether oxygens (including phenoxy) is 1. The van der Waals surface area contributed by atoms with E-state index < -0.39 is 0 Å². The molecule has 0 radical (unpaired) electrons. The molecule has 1 aromatic heterocycles. The molecule has 0 spiro atoms. The van der Waals surface area contributed by atoms with Crippen LogP contribution in [0.2, 0.25) is 0 Å². The molecule has 0 amide bonds. The molecule has 3 aromatic rings. The van der Waals surface area contributed by atoms with E-state index in [0.29, 0.717) is 17.1 Å². The number of nitrogens with zero attached hydrogens (tertiary/aromatic N) is 3. The number of carbonyl (C=O) groups is 1. The van der Waals surface area contributed by atoms with Crippen LogP contribution in [0.5, 0.6) is 5.75 Å². The number of aldehydes is 1. The molecule has 0 N–H and O–H groups in total. The average Bonchev–Trinajstić information content (AvgIpc) is 2.62. The van der Waals surface area contributed by atoms with E-state index in [1.165, 1.54) is 0 Å². The van der Waals surface area contributed by atoms with Gasteiger partial charge in [-0.2, -0.15) is 0 Å². The van der Waals surface area contributed by atoms with Crippen LogP contribution < -0.4 is 4.74 Å². The Morgan fingerprint density at radius 1 is 0.909 bits per heavy atom. The summed E-state index contributed by atoms with van der Waals surface area (Å²) in [6.45, 7) is 0. The molecule has 0 aliphatic carbocycles. The van der Waals surface area contributed by atoms with Gasteiger partial charge in [-0.05, 0) is 24.3 Å². The highest BCUT2D eigenvalue weighted by molar-refractivity contribution is 5.76. The van der Waals surface area contributed by atoms with E-state index in [4.69, 9.17) is 4.74 Å². The van der Waals surface area contributed by atoms with Crippen LogP contribution in [-0.4, -0.2) is 28.6 Å². The Morgan fingerprint density at radius 2 is 1.59 bits per heavy atom. The lowest BCUT2D eigenvalue weighted by atomic mass is 10.1. The van der Waals surface area contributed by atoms with Crippen molar-refractivity contribution in [1.29, 1.82) is 0 Å². The predicted molar refractivity (Wildman–Crippen MR) is 82.6 cm³/mol. The Kier molecular flexibility index (Phi) is 3.87. The van der Waals surface area contributed by atoms with Crippen molar-refractivity contribution in [1.82, 2.24) is 15.2 Å². The molecule has 0 aliphatic heterocycles. The lowest BCUT2D eigenvalue weighted by Gasteiger charge is -2.03. The van der Waals surface area contributed by atoms with Crippen LogP contribution in [0.1, 0.15) is 10.4 Å². The van der Waals surface area contributed by atoms with Gasteiger partial charge in [0.1, 0.15) is 17.7 Å². The van der Waals surface area contributed by atoms with Crippen LogP contribution in [0, 0.1) is 0 Å². The highest BCUT2D eigenvalue weighted by atomic mass is 16.5. The molecule has 108 valence electrons. The van der Waals surface area contributed by atoms with Crippen molar-refractivity contribution in [2.45, 2.75) is 0 Å². The van der Waals surface area contributed by atoms with Gasteiger partial charge in [0.2, 0.25) is 0 Å². The minimum absolute atomic E-state index is 0.552. The number of methoxy groups -OCH3 is 1. The zero-order valence-electron chi connectivity index (χ0n) is 11.9. The summed E-state index contributed by atoms with van der Waals surface area (Å²) in [4.78, 5) is 15.0. The molecule has 0 bridgehead atoms. The smallest absolute Gasteiger partial charge is 0.181 e. The summed E-state index contributed by atoms with van der Waals surface area (Å²) in [7, 11) is 1.62. The summed E-state index contributed by atoms with van der Waals surface area (Å²) in [6, 6.07) is 14.6. The van der Waals surface area contributed by atoms with Crippen molar-refractivity contribution < 1.29 is 9.53 Å². The number of hydrogen-bond donors (Lipinski definition) is 0. The van der Waals surface area contributed by atoms with Crippen LogP contribution in [0.3, 0.4) is 0 Å². The van der Waals surface area contributed by atoms with Gasteiger partial charge in [0, 0.05) is 16.7 Å². The Morgan fingerprint density at radius 3 is 2.14 bits per heavy atom. The van der Waals surface area contributed by atoms with E-state index in [9.17, 15) is 4.79 Å². The second-order valence-corrected chi connectivity index (χ2v) is 4.64. The van der Waals surface area contributed by atoms with Crippen molar-refractivity contribution in [3.63, 3.8) is 0 Å².